The van der Waals surface area contributed by atoms with E-state index in [1.807, 2.05) is 80.6 Å². The van der Waals surface area contributed by atoms with E-state index >= 15 is 0 Å². The van der Waals surface area contributed by atoms with E-state index in [0.717, 1.165) is 27.9 Å². The van der Waals surface area contributed by atoms with Gasteiger partial charge in [-0.1, -0.05) is 72.8 Å². The highest BCUT2D eigenvalue weighted by atomic mass is 16.6. The number of aromatic nitrogens is 2. The zero-order valence-electron chi connectivity index (χ0n) is 21.7. The minimum atomic E-state index is -0.437. The van der Waals surface area contributed by atoms with Crippen molar-refractivity contribution in [2.75, 3.05) is 0 Å². The molecule has 4 aromatic carbocycles. The van der Waals surface area contributed by atoms with Crippen molar-refractivity contribution in [3.63, 3.8) is 0 Å². The van der Waals surface area contributed by atoms with Crippen molar-refractivity contribution in [1.82, 2.24) is 15.1 Å². The maximum absolute atomic E-state index is 13.9. The standard InChI is InChI=1S/C32H28N4O3/c1-22-13-14-23(2)30(19-22)35-31(21-29(34-35)26-15-17-27(18-16-26)36(38)39)32(37)33-28(25-11-7-4-8-12-25)20-24-9-5-3-6-10-24/h3-19,21,28H,20H2,1-2H3,(H,33,37). The Morgan fingerprint density at radius 1 is 0.897 bits per heavy atom. The fraction of sp³-hybridized carbons (Fsp3) is 0.125. The third kappa shape index (κ3) is 5.78. The van der Waals surface area contributed by atoms with Crippen LogP contribution in [0.4, 0.5) is 5.69 Å². The molecule has 1 atom stereocenters. The van der Waals surface area contributed by atoms with Gasteiger partial charge >= 0.3 is 0 Å². The SMILES string of the molecule is Cc1ccc(C)c(-n2nc(-c3ccc([N+](=O)[O-])cc3)cc2C(=O)NC(Cc2ccccc2)c2ccccc2)c1. The number of amides is 1. The summed E-state index contributed by atoms with van der Waals surface area (Å²) in [5.41, 5.74) is 6.54. The molecule has 39 heavy (non-hydrogen) atoms. The highest BCUT2D eigenvalue weighted by Crippen LogP contribution is 2.27. The van der Waals surface area contributed by atoms with Crippen LogP contribution in [-0.4, -0.2) is 20.6 Å². The topological polar surface area (TPSA) is 90.1 Å². The Hall–Kier alpha value is -5.04. The first-order chi connectivity index (χ1) is 18.9. The summed E-state index contributed by atoms with van der Waals surface area (Å²) in [6.45, 7) is 3.97. The van der Waals surface area contributed by atoms with Crippen molar-refractivity contribution in [3.05, 3.63) is 147 Å². The third-order valence-corrected chi connectivity index (χ3v) is 6.70. The van der Waals surface area contributed by atoms with Crippen molar-refractivity contribution in [1.29, 1.82) is 0 Å². The molecule has 1 aromatic heterocycles. The lowest BCUT2D eigenvalue weighted by Gasteiger charge is -2.20. The molecule has 194 valence electrons. The molecule has 0 fully saturated rings. The van der Waals surface area contributed by atoms with Crippen molar-refractivity contribution < 1.29 is 9.72 Å². The van der Waals surface area contributed by atoms with Gasteiger partial charge in [0.15, 0.2) is 0 Å². The fourth-order valence-electron chi connectivity index (χ4n) is 4.59. The summed E-state index contributed by atoms with van der Waals surface area (Å²) >= 11 is 0. The van der Waals surface area contributed by atoms with Gasteiger partial charge in [-0.25, -0.2) is 4.68 Å². The molecule has 7 nitrogen and oxygen atoms in total. The smallest absolute Gasteiger partial charge is 0.270 e. The first-order valence-corrected chi connectivity index (χ1v) is 12.7. The number of nitro groups is 1. The molecule has 0 radical (unpaired) electrons. The van der Waals surface area contributed by atoms with Gasteiger partial charge in [0.2, 0.25) is 0 Å². The predicted molar refractivity (Wildman–Crippen MR) is 152 cm³/mol. The van der Waals surface area contributed by atoms with E-state index in [9.17, 15) is 14.9 Å². The average Bonchev–Trinajstić information content (AvgIpc) is 3.40. The Balaban J connectivity index is 1.56. The van der Waals surface area contributed by atoms with E-state index in [4.69, 9.17) is 5.10 Å². The molecule has 0 spiro atoms. The fourth-order valence-corrected chi connectivity index (χ4v) is 4.59. The Morgan fingerprint density at radius 3 is 2.23 bits per heavy atom. The van der Waals surface area contributed by atoms with Gasteiger partial charge in [-0.15, -0.1) is 0 Å². The minimum Gasteiger partial charge on any atom is -0.344 e. The van der Waals surface area contributed by atoms with E-state index < -0.39 is 4.92 Å². The Morgan fingerprint density at radius 2 is 1.56 bits per heavy atom. The van der Waals surface area contributed by atoms with Crippen molar-refractivity contribution in [2.24, 2.45) is 0 Å². The Bertz CT molecular complexity index is 1610. The monoisotopic (exact) mass is 516 g/mol. The molecule has 1 heterocycles. The first kappa shape index (κ1) is 25.6. The first-order valence-electron chi connectivity index (χ1n) is 12.7. The third-order valence-electron chi connectivity index (χ3n) is 6.70. The van der Waals surface area contributed by atoms with E-state index in [1.54, 1.807) is 22.9 Å². The Labute approximate surface area is 226 Å². The van der Waals surface area contributed by atoms with Crippen LogP contribution < -0.4 is 5.32 Å². The highest BCUT2D eigenvalue weighted by molar-refractivity contribution is 5.94. The summed E-state index contributed by atoms with van der Waals surface area (Å²) in [4.78, 5) is 24.6. The van der Waals surface area contributed by atoms with Crippen LogP contribution in [0.2, 0.25) is 0 Å². The van der Waals surface area contributed by atoms with Crippen molar-refractivity contribution in [3.8, 4) is 16.9 Å². The Kier molecular flexibility index (Phi) is 7.32. The molecule has 1 unspecified atom stereocenters. The number of hydrogen-bond donors (Lipinski definition) is 1. The molecule has 0 bridgehead atoms. The predicted octanol–water partition coefficient (Wildman–Crippen LogP) is 6.78. The van der Waals surface area contributed by atoms with Crippen LogP contribution in [0.5, 0.6) is 0 Å². The van der Waals surface area contributed by atoms with Crippen LogP contribution in [-0.2, 0) is 6.42 Å². The van der Waals surface area contributed by atoms with Crippen molar-refractivity contribution in [2.45, 2.75) is 26.3 Å². The molecule has 0 saturated carbocycles. The number of nitrogens with zero attached hydrogens (tertiary/aromatic N) is 3. The zero-order valence-corrected chi connectivity index (χ0v) is 21.7. The maximum atomic E-state index is 13.9. The molecular formula is C32H28N4O3. The number of nitro benzene ring substituents is 1. The van der Waals surface area contributed by atoms with Crippen LogP contribution >= 0.6 is 0 Å². The lowest BCUT2D eigenvalue weighted by molar-refractivity contribution is -0.384. The van der Waals surface area contributed by atoms with Crippen LogP contribution in [0.15, 0.2) is 109 Å². The second-order valence-corrected chi connectivity index (χ2v) is 9.55. The molecule has 5 aromatic rings. The maximum Gasteiger partial charge on any atom is 0.270 e. The molecule has 7 heteroatoms. The van der Waals surface area contributed by atoms with Gasteiger partial charge in [0.25, 0.3) is 11.6 Å². The number of benzene rings is 4. The number of rotatable bonds is 8. The second kappa shape index (κ2) is 11.1. The molecule has 5 rings (SSSR count). The lowest BCUT2D eigenvalue weighted by Crippen LogP contribution is -2.31. The molecule has 0 saturated heterocycles. The summed E-state index contributed by atoms with van der Waals surface area (Å²) < 4.78 is 1.67. The summed E-state index contributed by atoms with van der Waals surface area (Å²) in [7, 11) is 0. The molecular weight excluding hydrogens is 488 g/mol. The van der Waals surface area contributed by atoms with Crippen LogP contribution in [0.25, 0.3) is 16.9 Å². The van der Waals surface area contributed by atoms with Gasteiger partial charge in [0.1, 0.15) is 5.69 Å². The molecule has 1 N–H and O–H groups in total. The summed E-state index contributed by atoms with van der Waals surface area (Å²) in [5.74, 6) is -0.263. The number of hydrogen-bond acceptors (Lipinski definition) is 4. The molecule has 1 amide bonds. The quantitative estimate of drug-likeness (QED) is 0.182. The van der Waals surface area contributed by atoms with Crippen molar-refractivity contribution >= 4 is 11.6 Å². The van der Waals surface area contributed by atoms with Gasteiger partial charge in [0, 0.05) is 17.7 Å². The number of aryl methyl sites for hydroxylation is 2. The van der Waals surface area contributed by atoms with Gasteiger partial charge in [-0.05, 0) is 66.8 Å². The zero-order chi connectivity index (χ0) is 27.4. The number of non-ortho nitro benzene ring substituents is 1. The normalized spacial score (nSPS) is 11.6. The van der Waals surface area contributed by atoms with Gasteiger partial charge in [-0.3, -0.25) is 14.9 Å². The van der Waals surface area contributed by atoms with Gasteiger partial charge < -0.3 is 5.32 Å². The van der Waals surface area contributed by atoms with Crippen LogP contribution in [0.3, 0.4) is 0 Å². The van der Waals surface area contributed by atoms with E-state index in [0.29, 0.717) is 23.4 Å². The molecule has 0 aliphatic carbocycles. The summed E-state index contributed by atoms with van der Waals surface area (Å²) in [5, 5.41) is 19.2. The largest absolute Gasteiger partial charge is 0.344 e. The number of nitrogens with one attached hydrogen (secondary N) is 1. The lowest BCUT2D eigenvalue weighted by atomic mass is 9.98. The van der Waals surface area contributed by atoms with Crippen LogP contribution in [0, 0.1) is 24.0 Å². The summed E-state index contributed by atoms with van der Waals surface area (Å²) in [6.07, 6.45) is 0.628. The number of carbonyl (C=O) groups is 1. The number of carbonyl (C=O) groups excluding carboxylic acids is 1. The van der Waals surface area contributed by atoms with Gasteiger partial charge in [0.05, 0.1) is 22.3 Å². The highest BCUT2D eigenvalue weighted by Gasteiger charge is 2.23. The van der Waals surface area contributed by atoms with E-state index in [1.165, 1.54) is 12.1 Å². The van der Waals surface area contributed by atoms with Crippen LogP contribution in [0.1, 0.15) is 38.8 Å². The van der Waals surface area contributed by atoms with Gasteiger partial charge in [-0.2, -0.15) is 5.10 Å². The minimum absolute atomic E-state index is 0.00251. The molecule has 0 aliphatic heterocycles. The average molecular weight is 517 g/mol. The molecule has 0 aliphatic rings. The van der Waals surface area contributed by atoms with E-state index in [-0.39, 0.29) is 17.6 Å². The second-order valence-electron chi connectivity index (χ2n) is 9.55. The van der Waals surface area contributed by atoms with E-state index in [2.05, 4.69) is 17.4 Å². The summed E-state index contributed by atoms with van der Waals surface area (Å²) in [6, 6.07) is 33.7.